The molecule has 4 nitrogen and oxygen atoms in total. The van der Waals surface area contributed by atoms with Gasteiger partial charge in [0.1, 0.15) is 17.2 Å². The number of carbonyl (C=O) groups is 2. The smallest absolute Gasteiger partial charge is 0.250 e. The fraction of sp³-hybridized carbons (Fsp3) is 0.222. The molecule has 160 valence electrons. The second kappa shape index (κ2) is 9.86. The van der Waals surface area contributed by atoms with Gasteiger partial charge in [-0.15, -0.1) is 6.42 Å². The monoisotopic (exact) mass is 415 g/mol. The number of ether oxygens (including phenoxy) is 1. The molecule has 0 aliphatic carbocycles. The molecule has 0 radical (unpaired) electrons. The second-order valence-corrected chi connectivity index (χ2v) is 7.58. The molecule has 0 aromatic heterocycles. The van der Waals surface area contributed by atoms with Gasteiger partial charge in [-0.1, -0.05) is 49.4 Å². The summed E-state index contributed by atoms with van der Waals surface area (Å²) in [5.41, 5.74) is 2.82. The molecule has 0 aliphatic heterocycles. The Morgan fingerprint density at radius 3 is 2.42 bits per heavy atom. The largest absolute Gasteiger partial charge is 0.497 e. The van der Waals surface area contributed by atoms with E-state index in [0.717, 1.165) is 27.6 Å². The molecular formula is C27H29NO3. The van der Waals surface area contributed by atoms with Crippen LogP contribution < -0.4 is 4.74 Å². The SMILES string of the molecule is C#CC(=O)C(CC(=O)CC(C)c1ccc(OC)cc1)=Nc1cccc2cccc(C)c12.[HH].[HH]. The van der Waals surface area contributed by atoms with E-state index in [1.807, 2.05) is 74.5 Å². The number of hydrogen-bond acceptors (Lipinski definition) is 4. The van der Waals surface area contributed by atoms with Crippen molar-refractivity contribution in [3.8, 4) is 18.1 Å². The normalized spacial score (nSPS) is 12.3. The molecule has 0 saturated carbocycles. The predicted octanol–water partition coefficient (Wildman–Crippen LogP) is 6.08. The van der Waals surface area contributed by atoms with Gasteiger partial charge in [-0.2, -0.15) is 0 Å². The zero-order chi connectivity index (χ0) is 22.4. The van der Waals surface area contributed by atoms with Gasteiger partial charge in [-0.3, -0.25) is 9.59 Å². The number of ketones is 2. The lowest BCUT2D eigenvalue weighted by molar-refractivity contribution is -0.118. The zero-order valence-corrected chi connectivity index (χ0v) is 18.0. The first-order valence-electron chi connectivity index (χ1n) is 10.2. The van der Waals surface area contributed by atoms with Crippen LogP contribution in [-0.4, -0.2) is 24.4 Å². The molecule has 1 atom stereocenters. The van der Waals surface area contributed by atoms with Crippen molar-refractivity contribution in [2.75, 3.05) is 7.11 Å². The van der Waals surface area contributed by atoms with Gasteiger partial charge < -0.3 is 4.74 Å². The highest BCUT2D eigenvalue weighted by atomic mass is 16.5. The van der Waals surface area contributed by atoms with Crippen LogP contribution >= 0.6 is 0 Å². The third-order valence-corrected chi connectivity index (χ3v) is 5.32. The Balaban J connectivity index is 0.00000272. The van der Waals surface area contributed by atoms with Gasteiger partial charge in [0.2, 0.25) is 5.78 Å². The first-order chi connectivity index (χ1) is 14.9. The van der Waals surface area contributed by atoms with E-state index < -0.39 is 5.78 Å². The van der Waals surface area contributed by atoms with Crippen molar-refractivity contribution in [2.24, 2.45) is 4.99 Å². The highest BCUT2D eigenvalue weighted by Crippen LogP contribution is 2.29. The summed E-state index contributed by atoms with van der Waals surface area (Å²) < 4.78 is 5.18. The molecule has 0 spiro atoms. The number of terminal acetylenes is 1. The minimum atomic E-state index is -0.559. The molecule has 3 aromatic rings. The van der Waals surface area contributed by atoms with E-state index in [2.05, 4.69) is 10.9 Å². The van der Waals surface area contributed by atoms with E-state index in [1.165, 1.54) is 0 Å². The maximum atomic E-state index is 12.8. The summed E-state index contributed by atoms with van der Waals surface area (Å²) in [4.78, 5) is 29.7. The number of carbonyl (C=O) groups excluding carboxylic acids is 2. The van der Waals surface area contributed by atoms with Gasteiger partial charge in [-0.25, -0.2) is 4.99 Å². The Kier molecular flexibility index (Phi) is 6.99. The van der Waals surface area contributed by atoms with E-state index in [1.54, 1.807) is 7.11 Å². The Labute approximate surface area is 185 Å². The van der Waals surface area contributed by atoms with Crippen molar-refractivity contribution >= 4 is 33.7 Å². The maximum absolute atomic E-state index is 12.8. The summed E-state index contributed by atoms with van der Waals surface area (Å²) in [5, 5.41) is 1.97. The molecule has 0 fully saturated rings. The van der Waals surface area contributed by atoms with Crippen molar-refractivity contribution in [1.29, 1.82) is 0 Å². The number of hydrogen-bond donors (Lipinski definition) is 0. The minimum Gasteiger partial charge on any atom is -0.497 e. The second-order valence-electron chi connectivity index (χ2n) is 7.58. The van der Waals surface area contributed by atoms with Gasteiger partial charge >= 0.3 is 0 Å². The maximum Gasteiger partial charge on any atom is 0.250 e. The molecule has 0 aliphatic rings. The van der Waals surface area contributed by atoms with Crippen LogP contribution in [0.15, 0.2) is 65.7 Å². The highest BCUT2D eigenvalue weighted by Gasteiger charge is 2.18. The summed E-state index contributed by atoms with van der Waals surface area (Å²) in [7, 11) is 1.61. The van der Waals surface area contributed by atoms with Crippen molar-refractivity contribution in [1.82, 2.24) is 0 Å². The number of aryl methyl sites for hydroxylation is 1. The van der Waals surface area contributed by atoms with Gasteiger partial charge in [0.05, 0.1) is 19.2 Å². The van der Waals surface area contributed by atoms with E-state index in [9.17, 15) is 9.59 Å². The van der Waals surface area contributed by atoms with Crippen molar-refractivity contribution in [3.63, 3.8) is 0 Å². The quantitative estimate of drug-likeness (QED) is 0.255. The first-order valence-corrected chi connectivity index (χ1v) is 10.2. The predicted molar refractivity (Wildman–Crippen MR) is 129 cm³/mol. The molecule has 3 aromatic carbocycles. The van der Waals surface area contributed by atoms with Crippen LogP contribution in [0.4, 0.5) is 5.69 Å². The third kappa shape index (κ3) is 5.26. The molecular weight excluding hydrogens is 386 g/mol. The number of aliphatic imine (C=N–C) groups is 1. The lowest BCUT2D eigenvalue weighted by Crippen LogP contribution is -2.18. The summed E-state index contributed by atoms with van der Waals surface area (Å²) in [5.74, 6) is 2.24. The molecule has 31 heavy (non-hydrogen) atoms. The van der Waals surface area contributed by atoms with Crippen LogP contribution in [0.5, 0.6) is 5.75 Å². The molecule has 0 saturated heterocycles. The van der Waals surface area contributed by atoms with Crippen LogP contribution in [0.1, 0.15) is 39.7 Å². The number of methoxy groups -OCH3 is 1. The van der Waals surface area contributed by atoms with E-state index in [4.69, 9.17) is 11.2 Å². The molecule has 1 unspecified atom stereocenters. The van der Waals surface area contributed by atoms with E-state index >= 15 is 0 Å². The van der Waals surface area contributed by atoms with E-state index in [0.29, 0.717) is 5.69 Å². The van der Waals surface area contributed by atoms with Crippen LogP contribution in [0.3, 0.4) is 0 Å². The molecule has 0 amide bonds. The van der Waals surface area contributed by atoms with Crippen molar-refractivity contribution in [3.05, 3.63) is 71.8 Å². The van der Waals surface area contributed by atoms with Crippen LogP contribution in [0.25, 0.3) is 10.8 Å². The minimum absolute atomic E-state index is 0. The number of benzene rings is 3. The van der Waals surface area contributed by atoms with Gasteiger partial charge in [0.15, 0.2) is 0 Å². The Morgan fingerprint density at radius 1 is 1.10 bits per heavy atom. The molecule has 0 bridgehead atoms. The van der Waals surface area contributed by atoms with Gasteiger partial charge in [0.25, 0.3) is 0 Å². The number of nitrogens with zero attached hydrogens (tertiary/aromatic N) is 1. The average Bonchev–Trinajstić information content (AvgIpc) is 2.78. The van der Waals surface area contributed by atoms with Gasteiger partial charge in [0, 0.05) is 14.7 Å². The van der Waals surface area contributed by atoms with Crippen molar-refractivity contribution < 1.29 is 17.2 Å². The van der Waals surface area contributed by atoms with Crippen LogP contribution in [-0.2, 0) is 9.59 Å². The number of Topliss-reactive ketones (excluding diaryl/α,β-unsaturated/α-hetero) is 2. The topological polar surface area (TPSA) is 55.7 Å². The Morgan fingerprint density at radius 2 is 1.77 bits per heavy atom. The summed E-state index contributed by atoms with van der Waals surface area (Å²) in [6.45, 7) is 3.97. The highest BCUT2D eigenvalue weighted by molar-refractivity contribution is 6.49. The van der Waals surface area contributed by atoms with Crippen molar-refractivity contribution in [2.45, 2.75) is 32.6 Å². The van der Waals surface area contributed by atoms with Gasteiger partial charge in [-0.05, 0) is 53.5 Å². The number of rotatable bonds is 8. The Hall–Kier alpha value is -3.71. The summed E-state index contributed by atoms with van der Waals surface area (Å²) in [6, 6.07) is 19.3. The molecule has 4 heteroatoms. The standard InChI is InChI=1S/C27H25NO3.2H2/c1-5-26(30)25(28-24-11-7-10-21-9-6-8-18(2)27(21)24)17-22(29)16-19(3)20-12-14-23(31-4)15-13-20;;/h1,6-15,19H,16-17H2,2-4H3;2*1H. The third-order valence-electron chi connectivity index (χ3n) is 5.32. The average molecular weight is 416 g/mol. The lowest BCUT2D eigenvalue weighted by atomic mass is 9.93. The number of fused-ring (bicyclic) bond motifs is 1. The zero-order valence-electron chi connectivity index (χ0n) is 18.0. The first kappa shape index (κ1) is 22.0. The Bertz CT molecular complexity index is 1190. The lowest BCUT2D eigenvalue weighted by Gasteiger charge is -2.12. The summed E-state index contributed by atoms with van der Waals surface area (Å²) in [6.07, 6.45) is 5.56. The molecule has 0 heterocycles. The van der Waals surface area contributed by atoms with E-state index in [-0.39, 0.29) is 33.1 Å². The van der Waals surface area contributed by atoms with Crippen LogP contribution in [0, 0.1) is 19.3 Å². The fourth-order valence-electron chi connectivity index (χ4n) is 3.65. The molecule has 0 N–H and O–H groups in total. The summed E-state index contributed by atoms with van der Waals surface area (Å²) >= 11 is 0. The fourth-order valence-corrected chi connectivity index (χ4v) is 3.65. The van der Waals surface area contributed by atoms with Crippen LogP contribution in [0.2, 0.25) is 0 Å². The molecule has 3 rings (SSSR count).